The second-order valence-electron chi connectivity index (χ2n) is 6.38. The molecule has 0 fully saturated rings. The van der Waals surface area contributed by atoms with Crippen LogP contribution in [-0.2, 0) is 6.42 Å². The molecule has 1 atom stereocenters. The summed E-state index contributed by atoms with van der Waals surface area (Å²) in [6, 6.07) is 25.6. The molecule has 4 heteroatoms. The Bertz CT molecular complexity index is 909. The summed E-state index contributed by atoms with van der Waals surface area (Å²) < 4.78 is 0. The van der Waals surface area contributed by atoms with E-state index in [0.29, 0.717) is 17.1 Å². The highest BCUT2D eigenvalue weighted by atomic mass is 35.5. The topological polar surface area (TPSA) is 32.3 Å². The van der Waals surface area contributed by atoms with Crippen LogP contribution in [0.4, 0.5) is 5.69 Å². The van der Waals surface area contributed by atoms with Crippen LogP contribution in [0.25, 0.3) is 0 Å². The lowest BCUT2D eigenvalue weighted by Crippen LogP contribution is -2.43. The van der Waals surface area contributed by atoms with E-state index in [4.69, 9.17) is 11.6 Å². The van der Waals surface area contributed by atoms with E-state index in [2.05, 4.69) is 17.4 Å². The third kappa shape index (κ3) is 3.31. The molecular weight excluding hydrogens is 344 g/mol. The van der Waals surface area contributed by atoms with Crippen molar-refractivity contribution in [1.82, 2.24) is 4.90 Å². The maximum absolute atomic E-state index is 13.1. The summed E-state index contributed by atoms with van der Waals surface area (Å²) in [5.41, 5.74) is 3.82. The Morgan fingerprint density at radius 1 is 0.885 bits per heavy atom. The van der Waals surface area contributed by atoms with E-state index < -0.39 is 0 Å². The predicted molar refractivity (Wildman–Crippen MR) is 105 cm³/mol. The van der Waals surface area contributed by atoms with Gasteiger partial charge in [0.05, 0.1) is 5.56 Å². The quantitative estimate of drug-likeness (QED) is 0.696. The molecule has 26 heavy (non-hydrogen) atoms. The maximum Gasteiger partial charge on any atom is 0.257 e. The molecule has 3 aromatic carbocycles. The van der Waals surface area contributed by atoms with Crippen LogP contribution >= 0.6 is 11.6 Å². The standard InChI is InChI=1S/C22H19ClN2O/c23-18-12-10-17(11-13-18)21-24-20-9-5-4-8-19(20)22(26)25(21)15-14-16-6-2-1-3-7-16/h1-13,21,24H,14-15H2. The van der Waals surface area contributed by atoms with Crippen molar-refractivity contribution in [2.45, 2.75) is 12.6 Å². The molecule has 130 valence electrons. The van der Waals surface area contributed by atoms with Crippen LogP contribution in [0.1, 0.15) is 27.7 Å². The van der Waals surface area contributed by atoms with Gasteiger partial charge in [-0.05, 0) is 41.8 Å². The number of amides is 1. The Kier molecular flexibility index (Phi) is 4.63. The van der Waals surface area contributed by atoms with E-state index in [9.17, 15) is 4.79 Å². The predicted octanol–water partition coefficient (Wildman–Crippen LogP) is 5.15. The van der Waals surface area contributed by atoms with E-state index in [1.54, 1.807) is 0 Å². The molecule has 1 N–H and O–H groups in total. The van der Waals surface area contributed by atoms with Crippen LogP contribution in [0, 0.1) is 0 Å². The first-order chi connectivity index (χ1) is 12.7. The normalized spacial score (nSPS) is 16.1. The Morgan fingerprint density at radius 2 is 1.58 bits per heavy atom. The maximum atomic E-state index is 13.1. The molecule has 0 aromatic heterocycles. The largest absolute Gasteiger partial charge is 0.361 e. The van der Waals surface area contributed by atoms with E-state index in [1.165, 1.54) is 5.56 Å². The number of anilines is 1. The summed E-state index contributed by atoms with van der Waals surface area (Å²) in [4.78, 5) is 15.0. The lowest BCUT2D eigenvalue weighted by Gasteiger charge is -2.38. The molecule has 1 amide bonds. The molecule has 1 aliphatic rings. The molecule has 3 nitrogen and oxygen atoms in total. The first-order valence-electron chi connectivity index (χ1n) is 8.68. The monoisotopic (exact) mass is 362 g/mol. The van der Waals surface area contributed by atoms with Crippen LogP contribution in [0.2, 0.25) is 5.02 Å². The average molecular weight is 363 g/mol. The van der Waals surface area contributed by atoms with Gasteiger partial charge in [-0.25, -0.2) is 0 Å². The minimum absolute atomic E-state index is 0.0511. The van der Waals surface area contributed by atoms with Gasteiger partial charge in [-0.1, -0.05) is 66.2 Å². The first-order valence-corrected chi connectivity index (χ1v) is 9.06. The summed E-state index contributed by atoms with van der Waals surface area (Å²) in [7, 11) is 0. The minimum atomic E-state index is -0.210. The Morgan fingerprint density at radius 3 is 2.35 bits per heavy atom. The molecule has 0 saturated heterocycles. The van der Waals surface area contributed by atoms with Crippen LogP contribution < -0.4 is 5.32 Å². The van der Waals surface area contributed by atoms with E-state index >= 15 is 0 Å². The third-order valence-corrected chi connectivity index (χ3v) is 4.94. The molecule has 3 aromatic rings. The summed E-state index contributed by atoms with van der Waals surface area (Å²) in [5.74, 6) is 0.0511. The molecular formula is C22H19ClN2O. The van der Waals surface area contributed by atoms with E-state index in [0.717, 1.165) is 17.7 Å². The van der Waals surface area contributed by atoms with Crippen molar-refractivity contribution in [3.63, 3.8) is 0 Å². The summed E-state index contributed by atoms with van der Waals surface area (Å²) >= 11 is 6.04. The van der Waals surface area contributed by atoms with E-state index in [1.807, 2.05) is 71.6 Å². The van der Waals surface area contributed by atoms with Crippen molar-refractivity contribution >= 4 is 23.2 Å². The first kappa shape index (κ1) is 16.7. The molecule has 1 heterocycles. The van der Waals surface area contributed by atoms with Crippen LogP contribution in [0.5, 0.6) is 0 Å². The van der Waals surface area contributed by atoms with Gasteiger partial charge < -0.3 is 10.2 Å². The number of benzene rings is 3. The number of rotatable bonds is 4. The zero-order valence-electron chi connectivity index (χ0n) is 14.2. The second kappa shape index (κ2) is 7.22. The summed E-state index contributed by atoms with van der Waals surface area (Å²) in [5, 5.41) is 4.20. The number of fused-ring (bicyclic) bond motifs is 1. The van der Waals surface area contributed by atoms with Gasteiger partial charge in [-0.15, -0.1) is 0 Å². The zero-order valence-corrected chi connectivity index (χ0v) is 15.0. The van der Waals surface area contributed by atoms with Crippen LogP contribution in [0.3, 0.4) is 0 Å². The number of nitrogens with zero attached hydrogens (tertiary/aromatic N) is 1. The molecule has 0 saturated carbocycles. The summed E-state index contributed by atoms with van der Waals surface area (Å²) in [6.45, 7) is 0.636. The number of halogens is 1. The van der Waals surface area contributed by atoms with Gasteiger partial charge >= 0.3 is 0 Å². The van der Waals surface area contributed by atoms with Gasteiger partial charge in [-0.2, -0.15) is 0 Å². The fraction of sp³-hybridized carbons (Fsp3) is 0.136. The fourth-order valence-electron chi connectivity index (χ4n) is 3.33. The highest BCUT2D eigenvalue weighted by molar-refractivity contribution is 6.30. The van der Waals surface area contributed by atoms with Gasteiger partial charge in [0.25, 0.3) is 5.91 Å². The molecule has 0 spiro atoms. The molecule has 0 aliphatic carbocycles. The van der Waals surface area contributed by atoms with Crippen LogP contribution in [-0.4, -0.2) is 17.4 Å². The van der Waals surface area contributed by atoms with Gasteiger partial charge in [0.1, 0.15) is 6.17 Å². The minimum Gasteiger partial charge on any atom is -0.361 e. The van der Waals surface area contributed by atoms with Crippen LogP contribution in [0.15, 0.2) is 78.9 Å². The van der Waals surface area contributed by atoms with Crippen molar-refractivity contribution in [2.24, 2.45) is 0 Å². The number of carbonyl (C=O) groups excluding carboxylic acids is 1. The second-order valence-corrected chi connectivity index (χ2v) is 6.81. The molecule has 0 radical (unpaired) electrons. The highest BCUT2D eigenvalue weighted by Crippen LogP contribution is 2.33. The number of para-hydroxylation sites is 1. The van der Waals surface area contributed by atoms with Crippen molar-refractivity contribution in [3.8, 4) is 0 Å². The third-order valence-electron chi connectivity index (χ3n) is 4.69. The fourth-order valence-corrected chi connectivity index (χ4v) is 3.45. The highest BCUT2D eigenvalue weighted by Gasteiger charge is 2.32. The van der Waals surface area contributed by atoms with Gasteiger partial charge in [-0.3, -0.25) is 4.79 Å². The van der Waals surface area contributed by atoms with Crippen molar-refractivity contribution in [3.05, 3.63) is 101 Å². The lowest BCUT2D eigenvalue weighted by atomic mass is 10.0. The number of hydrogen-bond donors (Lipinski definition) is 1. The zero-order chi connectivity index (χ0) is 17.9. The van der Waals surface area contributed by atoms with Crippen molar-refractivity contribution in [2.75, 3.05) is 11.9 Å². The Balaban J connectivity index is 1.66. The van der Waals surface area contributed by atoms with Gasteiger partial charge in [0.15, 0.2) is 0 Å². The number of hydrogen-bond acceptors (Lipinski definition) is 2. The average Bonchev–Trinajstić information content (AvgIpc) is 2.69. The smallest absolute Gasteiger partial charge is 0.257 e. The molecule has 1 aliphatic heterocycles. The molecule has 1 unspecified atom stereocenters. The number of nitrogens with one attached hydrogen (secondary N) is 1. The van der Waals surface area contributed by atoms with Crippen molar-refractivity contribution < 1.29 is 4.79 Å². The van der Waals surface area contributed by atoms with Crippen molar-refractivity contribution in [1.29, 1.82) is 0 Å². The molecule has 4 rings (SSSR count). The van der Waals surface area contributed by atoms with Gasteiger partial charge in [0.2, 0.25) is 0 Å². The SMILES string of the molecule is O=C1c2ccccc2NC(c2ccc(Cl)cc2)N1CCc1ccccc1. The van der Waals surface area contributed by atoms with E-state index in [-0.39, 0.29) is 12.1 Å². The number of carbonyl (C=O) groups is 1. The lowest BCUT2D eigenvalue weighted by molar-refractivity contribution is 0.0685. The Labute approximate surface area is 158 Å². The Hall–Kier alpha value is -2.78. The summed E-state index contributed by atoms with van der Waals surface area (Å²) in [6.07, 6.45) is 0.596. The van der Waals surface area contributed by atoms with Gasteiger partial charge in [0, 0.05) is 17.3 Å². The molecule has 0 bridgehead atoms.